The molecule has 1 aromatic rings. The van der Waals surface area contributed by atoms with E-state index in [4.69, 9.17) is 9.84 Å². The number of hydrogen-bond donors (Lipinski definition) is 1. The lowest BCUT2D eigenvalue weighted by atomic mass is 10.2. The van der Waals surface area contributed by atoms with Gasteiger partial charge in [0.15, 0.2) is 0 Å². The fourth-order valence-electron chi connectivity index (χ4n) is 1.85. The number of rotatable bonds is 2. The second kappa shape index (κ2) is 6.31. The lowest BCUT2D eigenvalue weighted by Crippen LogP contribution is -2.47. The van der Waals surface area contributed by atoms with Crippen molar-refractivity contribution in [2.24, 2.45) is 0 Å². The highest BCUT2D eigenvalue weighted by atomic mass is 127. The molecule has 98 valence electrons. The van der Waals surface area contributed by atoms with E-state index >= 15 is 0 Å². The zero-order valence-electron chi connectivity index (χ0n) is 9.60. The second-order valence-electron chi connectivity index (χ2n) is 4.05. The standard InChI is InChI=1S/C12H13BrINO3/c13-11-2-1-8(14)5-10(11)12(17)15-3-4-18-9(6-15)7-16/h1-2,5,9,16H,3-4,6-7H2. The van der Waals surface area contributed by atoms with Gasteiger partial charge in [-0.05, 0) is 56.7 Å². The van der Waals surface area contributed by atoms with Crippen LogP contribution in [0.4, 0.5) is 0 Å². The van der Waals surface area contributed by atoms with Gasteiger partial charge in [-0.3, -0.25) is 4.79 Å². The van der Waals surface area contributed by atoms with Crippen LogP contribution in [0.5, 0.6) is 0 Å². The highest BCUT2D eigenvalue weighted by Gasteiger charge is 2.25. The van der Waals surface area contributed by atoms with Crippen LogP contribution in [0.25, 0.3) is 0 Å². The lowest BCUT2D eigenvalue weighted by Gasteiger charge is -2.32. The molecule has 4 nitrogen and oxygen atoms in total. The predicted octanol–water partition coefficient (Wildman–Crippen LogP) is 1.89. The van der Waals surface area contributed by atoms with Crippen LogP contribution in [0.1, 0.15) is 10.4 Å². The van der Waals surface area contributed by atoms with Gasteiger partial charge in [-0.15, -0.1) is 0 Å². The number of ether oxygens (including phenoxy) is 1. The largest absolute Gasteiger partial charge is 0.394 e. The van der Waals surface area contributed by atoms with Gasteiger partial charge in [0.1, 0.15) is 0 Å². The SMILES string of the molecule is O=C(c1cc(I)ccc1Br)N1CCOC(CO)C1. The number of hydrogen-bond acceptors (Lipinski definition) is 3. The van der Waals surface area contributed by atoms with Gasteiger partial charge in [0.2, 0.25) is 0 Å². The van der Waals surface area contributed by atoms with Crippen molar-refractivity contribution in [1.82, 2.24) is 4.90 Å². The van der Waals surface area contributed by atoms with Gasteiger partial charge in [0.05, 0.1) is 24.9 Å². The molecule has 0 spiro atoms. The number of amides is 1. The van der Waals surface area contributed by atoms with Crippen molar-refractivity contribution in [3.8, 4) is 0 Å². The Labute approximate surface area is 128 Å². The minimum Gasteiger partial charge on any atom is -0.394 e. The molecular formula is C12H13BrINO3. The summed E-state index contributed by atoms with van der Waals surface area (Å²) in [6.45, 7) is 1.41. The Kier molecular flexibility index (Phi) is 4.99. The van der Waals surface area contributed by atoms with Gasteiger partial charge in [0.25, 0.3) is 5.91 Å². The maximum atomic E-state index is 12.4. The number of carbonyl (C=O) groups is 1. The number of aliphatic hydroxyl groups excluding tert-OH is 1. The molecule has 1 unspecified atom stereocenters. The van der Waals surface area contributed by atoms with Crippen molar-refractivity contribution >= 4 is 44.4 Å². The van der Waals surface area contributed by atoms with E-state index in [0.717, 1.165) is 8.04 Å². The molecule has 1 amide bonds. The zero-order valence-corrected chi connectivity index (χ0v) is 13.3. The number of carbonyl (C=O) groups excluding carboxylic acids is 1. The van der Waals surface area contributed by atoms with Gasteiger partial charge < -0.3 is 14.7 Å². The van der Waals surface area contributed by atoms with Gasteiger partial charge in [-0.1, -0.05) is 0 Å². The molecule has 1 saturated heterocycles. The number of morpholine rings is 1. The van der Waals surface area contributed by atoms with E-state index < -0.39 is 0 Å². The Balaban J connectivity index is 2.17. The molecule has 1 heterocycles. The van der Waals surface area contributed by atoms with Crippen LogP contribution in [0.3, 0.4) is 0 Å². The Morgan fingerprint density at radius 1 is 1.61 bits per heavy atom. The first kappa shape index (κ1) is 14.2. The summed E-state index contributed by atoms with van der Waals surface area (Å²) in [7, 11) is 0. The normalized spacial score (nSPS) is 19.9. The third-order valence-electron chi connectivity index (χ3n) is 2.79. The lowest BCUT2D eigenvalue weighted by molar-refractivity contribution is -0.0447. The van der Waals surface area contributed by atoms with E-state index in [1.807, 2.05) is 18.2 Å². The van der Waals surface area contributed by atoms with Gasteiger partial charge in [-0.2, -0.15) is 0 Å². The van der Waals surface area contributed by atoms with E-state index in [1.165, 1.54) is 0 Å². The Morgan fingerprint density at radius 3 is 3.11 bits per heavy atom. The number of aliphatic hydroxyl groups is 1. The van der Waals surface area contributed by atoms with Crippen molar-refractivity contribution in [1.29, 1.82) is 0 Å². The predicted molar refractivity (Wildman–Crippen MR) is 79.6 cm³/mol. The topological polar surface area (TPSA) is 49.8 Å². The molecule has 1 aromatic carbocycles. The third-order valence-corrected chi connectivity index (χ3v) is 4.15. The van der Waals surface area contributed by atoms with Crippen LogP contribution in [0, 0.1) is 3.57 Å². The summed E-state index contributed by atoms with van der Waals surface area (Å²) >= 11 is 5.58. The molecule has 0 radical (unpaired) electrons. The zero-order chi connectivity index (χ0) is 13.1. The average molecular weight is 426 g/mol. The van der Waals surface area contributed by atoms with Crippen LogP contribution in [0.15, 0.2) is 22.7 Å². The minimum atomic E-state index is -0.274. The highest BCUT2D eigenvalue weighted by Crippen LogP contribution is 2.22. The molecule has 0 aromatic heterocycles. The van der Waals surface area contributed by atoms with Crippen LogP contribution >= 0.6 is 38.5 Å². The quantitative estimate of drug-likeness (QED) is 0.736. The first-order valence-corrected chi connectivity index (χ1v) is 7.46. The van der Waals surface area contributed by atoms with E-state index in [0.29, 0.717) is 25.3 Å². The first-order valence-electron chi connectivity index (χ1n) is 5.58. The second-order valence-corrected chi connectivity index (χ2v) is 6.15. The number of nitrogens with zero attached hydrogens (tertiary/aromatic N) is 1. The van der Waals surface area contributed by atoms with Gasteiger partial charge in [-0.25, -0.2) is 0 Å². The Morgan fingerprint density at radius 2 is 2.39 bits per heavy atom. The van der Waals surface area contributed by atoms with Crippen molar-refractivity contribution in [2.45, 2.75) is 6.10 Å². The molecular weight excluding hydrogens is 413 g/mol. The van der Waals surface area contributed by atoms with Crippen LogP contribution in [-0.2, 0) is 4.74 Å². The fourth-order valence-corrected chi connectivity index (χ4v) is 2.75. The van der Waals surface area contributed by atoms with Crippen molar-refractivity contribution in [3.63, 3.8) is 0 Å². The summed E-state index contributed by atoms with van der Waals surface area (Å²) in [4.78, 5) is 14.1. The Bertz CT molecular complexity index is 455. The molecule has 0 bridgehead atoms. The monoisotopic (exact) mass is 425 g/mol. The maximum Gasteiger partial charge on any atom is 0.255 e. The van der Waals surface area contributed by atoms with Gasteiger partial charge in [0, 0.05) is 21.1 Å². The fraction of sp³-hybridized carbons (Fsp3) is 0.417. The molecule has 1 aliphatic heterocycles. The molecule has 6 heteroatoms. The first-order chi connectivity index (χ1) is 8.61. The summed E-state index contributed by atoms with van der Waals surface area (Å²) in [6.07, 6.45) is -0.274. The van der Waals surface area contributed by atoms with Crippen LogP contribution < -0.4 is 0 Å². The maximum absolute atomic E-state index is 12.4. The minimum absolute atomic E-state index is 0.0258. The molecule has 1 atom stereocenters. The summed E-state index contributed by atoms with van der Waals surface area (Å²) in [5, 5.41) is 9.09. The summed E-state index contributed by atoms with van der Waals surface area (Å²) < 4.78 is 7.15. The highest BCUT2D eigenvalue weighted by molar-refractivity contribution is 14.1. The van der Waals surface area contributed by atoms with E-state index in [-0.39, 0.29) is 18.6 Å². The third kappa shape index (κ3) is 3.23. The molecule has 1 fully saturated rings. The molecule has 0 aliphatic carbocycles. The van der Waals surface area contributed by atoms with Crippen LogP contribution in [-0.4, -0.2) is 48.3 Å². The molecule has 18 heavy (non-hydrogen) atoms. The average Bonchev–Trinajstić information content (AvgIpc) is 2.41. The number of benzene rings is 1. The summed E-state index contributed by atoms with van der Waals surface area (Å²) in [6, 6.07) is 5.67. The molecule has 1 aliphatic rings. The van der Waals surface area contributed by atoms with Gasteiger partial charge >= 0.3 is 0 Å². The van der Waals surface area contributed by atoms with Crippen molar-refractivity contribution in [2.75, 3.05) is 26.3 Å². The smallest absolute Gasteiger partial charge is 0.255 e. The summed E-state index contributed by atoms with van der Waals surface area (Å²) in [5.41, 5.74) is 0.653. The van der Waals surface area contributed by atoms with E-state index in [9.17, 15) is 4.79 Å². The summed E-state index contributed by atoms with van der Waals surface area (Å²) in [5.74, 6) is -0.0258. The number of halogens is 2. The van der Waals surface area contributed by atoms with Crippen LogP contribution in [0.2, 0.25) is 0 Å². The van der Waals surface area contributed by atoms with Crippen molar-refractivity contribution in [3.05, 3.63) is 31.8 Å². The molecule has 0 saturated carbocycles. The molecule has 2 rings (SSSR count). The van der Waals surface area contributed by atoms with Crippen molar-refractivity contribution < 1.29 is 14.6 Å². The van der Waals surface area contributed by atoms with E-state index in [2.05, 4.69) is 38.5 Å². The molecule has 1 N–H and O–H groups in total. The Hall–Kier alpha value is -0.180. The van der Waals surface area contributed by atoms with E-state index in [1.54, 1.807) is 4.90 Å².